The third-order valence-corrected chi connectivity index (χ3v) is 3.92. The van der Waals surface area contributed by atoms with Gasteiger partial charge in [-0.2, -0.15) is 0 Å². The molecule has 5 nitrogen and oxygen atoms in total. The van der Waals surface area contributed by atoms with Crippen LogP contribution in [0.2, 0.25) is 0 Å². The predicted octanol–water partition coefficient (Wildman–Crippen LogP) is 4.97. The van der Waals surface area contributed by atoms with Crippen LogP contribution in [0.15, 0.2) is 12.7 Å². The molecule has 1 N–H and O–H groups in total. The summed E-state index contributed by atoms with van der Waals surface area (Å²) in [6, 6.07) is 0.331. The Morgan fingerprint density at radius 3 is 1.88 bits per heavy atom. The van der Waals surface area contributed by atoms with E-state index in [0.29, 0.717) is 6.04 Å². The molecule has 1 aliphatic rings. The van der Waals surface area contributed by atoms with Crippen LogP contribution in [0, 0.1) is 11.8 Å². The number of hydrogen-bond acceptors (Lipinski definition) is 3. The molecule has 0 aromatic carbocycles. The summed E-state index contributed by atoms with van der Waals surface area (Å²) in [6.45, 7) is 16.2. The van der Waals surface area contributed by atoms with Crippen LogP contribution >= 0.6 is 0 Å². The summed E-state index contributed by atoms with van der Waals surface area (Å²) in [4.78, 5) is 24.6. The van der Waals surface area contributed by atoms with Crippen LogP contribution in [0.25, 0.3) is 0 Å². The Morgan fingerprint density at radius 1 is 1.27 bits per heavy atom. The molecule has 1 rings (SSSR count). The van der Waals surface area contributed by atoms with Crippen molar-refractivity contribution >= 4 is 12.3 Å². The fraction of sp³-hybridized carbons (Fsp3) is 0.810. The first-order valence-corrected chi connectivity index (χ1v) is 9.87. The highest BCUT2D eigenvalue weighted by Crippen LogP contribution is 2.27. The molecular weight excluding hydrogens is 328 g/mol. The number of likely N-dealkylation sites (N-methyl/N-ethyl adjacent to an activating group) is 1. The molecule has 0 aromatic heterocycles. The summed E-state index contributed by atoms with van der Waals surface area (Å²) in [5, 5.41) is 3.70. The van der Waals surface area contributed by atoms with Crippen molar-refractivity contribution in [3.05, 3.63) is 12.7 Å². The lowest BCUT2D eigenvalue weighted by Gasteiger charge is -2.22. The van der Waals surface area contributed by atoms with E-state index in [0.717, 1.165) is 29.7 Å². The van der Waals surface area contributed by atoms with Crippen LogP contribution in [-0.2, 0) is 14.4 Å². The van der Waals surface area contributed by atoms with Gasteiger partial charge in [0.05, 0.1) is 7.11 Å². The standard InChI is InChI=1S/C8H16.C5H9NO2.C5H11NO.C3H8/c1-7-4-3-5-8(2)6-7;1-4-5(7)6(2)8-3;1-3-5(2)6-4-7;1-3-2/h7-8H,3-6H2,1-2H3;4H,1H2,2-3H3;4-5H,3H2,1-2H3,(H,6,7);3H2,1-2H3. The van der Waals surface area contributed by atoms with Gasteiger partial charge < -0.3 is 5.32 Å². The van der Waals surface area contributed by atoms with Crippen molar-refractivity contribution in [3.63, 3.8) is 0 Å². The molecule has 0 saturated heterocycles. The highest BCUT2D eigenvalue weighted by atomic mass is 16.7. The van der Waals surface area contributed by atoms with Gasteiger partial charge in [-0.25, -0.2) is 5.06 Å². The summed E-state index contributed by atoms with van der Waals surface area (Å²) in [5.74, 6) is 1.78. The van der Waals surface area contributed by atoms with E-state index in [1.165, 1.54) is 52.3 Å². The van der Waals surface area contributed by atoms with Crippen molar-refractivity contribution in [2.75, 3.05) is 14.2 Å². The van der Waals surface area contributed by atoms with Gasteiger partial charge in [-0.3, -0.25) is 14.4 Å². The Kier molecular flexibility index (Phi) is 24.5. The van der Waals surface area contributed by atoms with Gasteiger partial charge in [0.1, 0.15) is 0 Å². The van der Waals surface area contributed by atoms with E-state index < -0.39 is 0 Å². The lowest BCUT2D eigenvalue weighted by Crippen LogP contribution is -2.22. The smallest absolute Gasteiger partial charge is 0.269 e. The van der Waals surface area contributed by atoms with Crippen LogP contribution in [0.5, 0.6) is 0 Å². The van der Waals surface area contributed by atoms with Gasteiger partial charge in [0, 0.05) is 13.1 Å². The van der Waals surface area contributed by atoms with Gasteiger partial charge in [0.2, 0.25) is 6.41 Å². The van der Waals surface area contributed by atoms with Crippen LogP contribution < -0.4 is 5.32 Å². The lowest BCUT2D eigenvalue weighted by atomic mass is 9.84. The third kappa shape index (κ3) is 22.6. The zero-order valence-electron chi connectivity index (χ0n) is 18.5. The van der Waals surface area contributed by atoms with Gasteiger partial charge in [0.15, 0.2) is 0 Å². The highest BCUT2D eigenvalue weighted by Gasteiger charge is 2.13. The molecule has 3 atom stereocenters. The average molecular weight is 373 g/mol. The summed E-state index contributed by atoms with van der Waals surface area (Å²) in [6.07, 6.45) is 10.1. The molecule has 0 aromatic rings. The van der Waals surface area contributed by atoms with Crippen LogP contribution in [-0.4, -0.2) is 37.6 Å². The van der Waals surface area contributed by atoms with Crippen LogP contribution in [0.3, 0.4) is 0 Å². The summed E-state index contributed by atoms with van der Waals surface area (Å²) >= 11 is 0. The van der Waals surface area contributed by atoms with E-state index >= 15 is 0 Å². The molecule has 0 heterocycles. The molecule has 156 valence electrons. The topological polar surface area (TPSA) is 58.6 Å². The Bertz CT molecular complexity index is 327. The van der Waals surface area contributed by atoms with Crippen molar-refractivity contribution in [3.8, 4) is 0 Å². The zero-order chi connectivity index (χ0) is 21.0. The number of hydrogen-bond donors (Lipinski definition) is 1. The molecule has 1 aliphatic carbocycles. The normalized spacial score (nSPS) is 18.9. The number of nitrogens with one attached hydrogen (secondary N) is 1. The molecule has 0 bridgehead atoms. The van der Waals surface area contributed by atoms with Crippen LogP contribution in [0.1, 0.15) is 80.1 Å². The van der Waals surface area contributed by atoms with Crippen molar-refractivity contribution in [1.29, 1.82) is 0 Å². The molecule has 26 heavy (non-hydrogen) atoms. The second-order valence-corrected chi connectivity index (χ2v) is 6.90. The minimum atomic E-state index is -0.243. The first-order valence-electron chi connectivity index (χ1n) is 9.87. The maximum absolute atomic E-state index is 10.4. The Morgan fingerprint density at radius 2 is 1.73 bits per heavy atom. The second-order valence-electron chi connectivity index (χ2n) is 6.90. The monoisotopic (exact) mass is 372 g/mol. The number of nitrogens with zero attached hydrogens (tertiary/aromatic N) is 1. The first-order chi connectivity index (χ1) is 12.2. The number of carbonyl (C=O) groups is 2. The fourth-order valence-corrected chi connectivity index (χ4v) is 2.19. The molecule has 0 aliphatic heterocycles. The maximum atomic E-state index is 10.4. The Balaban J connectivity index is -0.000000284. The molecule has 1 fully saturated rings. The summed E-state index contributed by atoms with van der Waals surface area (Å²) < 4.78 is 0. The zero-order valence-corrected chi connectivity index (χ0v) is 18.5. The van der Waals surface area contributed by atoms with Crippen molar-refractivity contribution in [1.82, 2.24) is 10.4 Å². The van der Waals surface area contributed by atoms with E-state index in [9.17, 15) is 9.59 Å². The Labute approximate surface area is 162 Å². The quantitative estimate of drug-likeness (QED) is 0.421. The van der Waals surface area contributed by atoms with Crippen molar-refractivity contribution < 1.29 is 14.4 Å². The number of carbonyl (C=O) groups excluding carboxylic acids is 2. The van der Waals surface area contributed by atoms with Gasteiger partial charge in [-0.05, 0) is 37.7 Å². The predicted molar refractivity (Wildman–Crippen MR) is 112 cm³/mol. The largest absolute Gasteiger partial charge is 0.356 e. The Hall–Kier alpha value is -1.36. The second kappa shape index (κ2) is 21.7. The van der Waals surface area contributed by atoms with Gasteiger partial charge >= 0.3 is 0 Å². The van der Waals surface area contributed by atoms with Crippen molar-refractivity contribution in [2.45, 2.75) is 86.1 Å². The van der Waals surface area contributed by atoms with Gasteiger partial charge in [-0.1, -0.05) is 66.9 Å². The minimum Gasteiger partial charge on any atom is -0.356 e. The SMILES string of the molecule is C=CC(=O)N(C)OC.CC1CCCC(C)C1.CCC.CCC(C)NC=O. The molecule has 0 radical (unpaired) electrons. The van der Waals surface area contributed by atoms with E-state index in [1.54, 1.807) is 0 Å². The van der Waals surface area contributed by atoms with E-state index in [1.807, 2.05) is 13.8 Å². The molecule has 1 saturated carbocycles. The molecule has 2 amide bonds. The molecular formula is C21H44N2O3. The van der Waals surface area contributed by atoms with Gasteiger partial charge in [0.25, 0.3) is 5.91 Å². The molecule has 5 heteroatoms. The van der Waals surface area contributed by atoms with E-state index in [2.05, 4.69) is 44.4 Å². The lowest BCUT2D eigenvalue weighted by molar-refractivity contribution is -0.162. The molecule has 3 unspecified atom stereocenters. The number of hydroxylamine groups is 2. The fourth-order valence-electron chi connectivity index (χ4n) is 2.19. The number of amides is 2. The summed E-state index contributed by atoms with van der Waals surface area (Å²) in [7, 11) is 2.94. The van der Waals surface area contributed by atoms with E-state index in [4.69, 9.17) is 0 Å². The highest BCUT2D eigenvalue weighted by molar-refractivity contribution is 5.85. The minimum absolute atomic E-state index is 0.243. The van der Waals surface area contributed by atoms with Crippen LogP contribution in [0.4, 0.5) is 0 Å². The van der Waals surface area contributed by atoms with Crippen molar-refractivity contribution in [2.24, 2.45) is 11.8 Å². The maximum Gasteiger partial charge on any atom is 0.269 e. The van der Waals surface area contributed by atoms with E-state index in [-0.39, 0.29) is 5.91 Å². The average Bonchev–Trinajstić information content (AvgIpc) is 2.62. The summed E-state index contributed by atoms with van der Waals surface area (Å²) in [5.41, 5.74) is 0. The third-order valence-electron chi connectivity index (χ3n) is 3.92. The molecule has 0 spiro atoms. The van der Waals surface area contributed by atoms with Gasteiger partial charge in [-0.15, -0.1) is 0 Å². The number of rotatable bonds is 5. The first kappa shape index (κ1) is 29.4.